The van der Waals surface area contributed by atoms with Crippen molar-refractivity contribution in [3.05, 3.63) is 65.0 Å². The topological polar surface area (TPSA) is 9.23 Å². The van der Waals surface area contributed by atoms with Crippen molar-refractivity contribution in [1.82, 2.24) is 0 Å². The Hall–Kier alpha value is -2.09. The van der Waals surface area contributed by atoms with Gasteiger partial charge in [0.2, 0.25) is 0 Å². The van der Waals surface area contributed by atoms with Gasteiger partial charge in [-0.25, -0.2) is 4.39 Å². The fraction of sp³-hybridized carbons (Fsp3) is 0.481. The van der Waals surface area contributed by atoms with Crippen molar-refractivity contribution in [2.75, 3.05) is 6.61 Å². The molecule has 0 saturated heterocycles. The molecule has 0 radical (unpaired) electrons. The molecule has 0 atom stereocenters. The van der Waals surface area contributed by atoms with Gasteiger partial charge in [0.05, 0.1) is 6.61 Å². The smallest absolute Gasteiger partial charge is 0.134 e. The lowest BCUT2D eigenvalue weighted by Crippen LogP contribution is -1.98. The van der Waals surface area contributed by atoms with E-state index in [0.29, 0.717) is 17.9 Å². The number of aryl methyl sites for hydroxylation is 1. The molecule has 1 nitrogen and oxygen atoms in total. The molecule has 0 N–H and O–H groups in total. The van der Waals surface area contributed by atoms with E-state index < -0.39 is 0 Å². The monoisotopic (exact) mass is 396 g/mol. The molecule has 2 aromatic carbocycles. The number of rotatable bonds is 14. The lowest BCUT2D eigenvalue weighted by molar-refractivity contribution is 0.303. The summed E-state index contributed by atoms with van der Waals surface area (Å²) in [6.07, 6.45) is 16.0. The number of unbranched alkanes of at least 4 members (excludes halogenated alkanes) is 7. The molecule has 0 bridgehead atoms. The molecule has 0 saturated carbocycles. The molecule has 0 aliphatic rings. The van der Waals surface area contributed by atoms with Crippen molar-refractivity contribution in [1.29, 1.82) is 0 Å². The van der Waals surface area contributed by atoms with Crippen molar-refractivity contribution in [3.63, 3.8) is 0 Å². The van der Waals surface area contributed by atoms with Crippen LogP contribution in [0, 0.1) is 5.82 Å². The van der Waals surface area contributed by atoms with Crippen LogP contribution in [0.15, 0.2) is 42.5 Å². The zero-order chi connectivity index (χ0) is 20.7. The summed E-state index contributed by atoms with van der Waals surface area (Å²) >= 11 is 0. The number of benzene rings is 2. The molecule has 0 unspecified atom stereocenters. The third-order valence-electron chi connectivity index (χ3n) is 5.24. The van der Waals surface area contributed by atoms with Gasteiger partial charge >= 0.3 is 0 Å². The molecule has 158 valence electrons. The predicted octanol–water partition coefficient (Wildman–Crippen LogP) is 8.47. The highest BCUT2D eigenvalue weighted by molar-refractivity contribution is 5.70. The summed E-state index contributed by atoms with van der Waals surface area (Å²) in [7, 11) is 0. The van der Waals surface area contributed by atoms with Crippen LogP contribution in [0.5, 0.6) is 5.75 Å². The second kappa shape index (κ2) is 14.0. The molecule has 0 fully saturated rings. The van der Waals surface area contributed by atoms with Crippen LogP contribution in [-0.2, 0) is 6.42 Å². The molecule has 29 heavy (non-hydrogen) atoms. The maximum absolute atomic E-state index is 14.4. The van der Waals surface area contributed by atoms with Gasteiger partial charge in [0.1, 0.15) is 11.6 Å². The van der Waals surface area contributed by atoms with Crippen molar-refractivity contribution >= 4 is 12.2 Å². The van der Waals surface area contributed by atoms with E-state index in [1.165, 1.54) is 63.0 Å². The lowest BCUT2D eigenvalue weighted by Gasteiger charge is -2.07. The van der Waals surface area contributed by atoms with Crippen LogP contribution in [0.3, 0.4) is 0 Å². The number of hydrogen-bond donors (Lipinski definition) is 0. The van der Waals surface area contributed by atoms with Gasteiger partial charge in [-0.3, -0.25) is 0 Å². The summed E-state index contributed by atoms with van der Waals surface area (Å²) in [5.41, 5.74) is 3.05. The Labute approximate surface area is 177 Å². The first-order valence-electron chi connectivity index (χ1n) is 11.4. The van der Waals surface area contributed by atoms with E-state index in [-0.39, 0.29) is 5.82 Å². The van der Waals surface area contributed by atoms with Gasteiger partial charge in [-0.15, -0.1) is 0 Å². The van der Waals surface area contributed by atoms with E-state index in [9.17, 15) is 4.39 Å². The Kier molecular flexibility index (Phi) is 11.2. The summed E-state index contributed by atoms with van der Waals surface area (Å²) < 4.78 is 20.1. The van der Waals surface area contributed by atoms with Gasteiger partial charge in [-0.05, 0) is 42.5 Å². The largest absolute Gasteiger partial charge is 0.493 e. The molecule has 0 aliphatic carbocycles. The molecule has 0 spiro atoms. The first-order chi connectivity index (χ1) is 14.2. The quantitative estimate of drug-likeness (QED) is 0.230. The summed E-state index contributed by atoms with van der Waals surface area (Å²) in [6.45, 7) is 5.11. The maximum atomic E-state index is 14.4. The first-order valence-corrected chi connectivity index (χ1v) is 11.4. The van der Waals surface area contributed by atoms with Crippen LogP contribution in [0.2, 0.25) is 0 Å². The fourth-order valence-corrected chi connectivity index (χ4v) is 3.37. The summed E-state index contributed by atoms with van der Waals surface area (Å²) in [6, 6.07) is 13.7. The maximum Gasteiger partial charge on any atom is 0.134 e. The van der Waals surface area contributed by atoms with Crippen molar-refractivity contribution in [3.8, 4) is 5.75 Å². The van der Waals surface area contributed by atoms with Crippen molar-refractivity contribution < 1.29 is 9.13 Å². The second-order valence-electron chi connectivity index (χ2n) is 7.83. The second-order valence-corrected chi connectivity index (χ2v) is 7.83. The van der Waals surface area contributed by atoms with Crippen LogP contribution in [0.4, 0.5) is 4.39 Å². The van der Waals surface area contributed by atoms with E-state index in [1.807, 2.05) is 18.2 Å². The average molecular weight is 397 g/mol. The Morgan fingerprint density at radius 3 is 2.17 bits per heavy atom. The van der Waals surface area contributed by atoms with Crippen LogP contribution < -0.4 is 4.74 Å². The highest BCUT2D eigenvalue weighted by Crippen LogP contribution is 2.20. The van der Waals surface area contributed by atoms with Crippen LogP contribution in [0.1, 0.15) is 88.3 Å². The Morgan fingerprint density at radius 2 is 1.45 bits per heavy atom. The van der Waals surface area contributed by atoms with Crippen LogP contribution in [-0.4, -0.2) is 6.61 Å². The van der Waals surface area contributed by atoms with Gasteiger partial charge in [-0.1, -0.05) is 95.2 Å². The SMILES string of the molecule is CCCCCCCCOc1ccc(C=Cc2ccc(CCCCC)cc2)c(F)c1. The molecule has 0 heterocycles. The van der Waals surface area contributed by atoms with Gasteiger partial charge in [-0.2, -0.15) is 0 Å². The Balaban J connectivity index is 1.79. The zero-order valence-electron chi connectivity index (χ0n) is 18.3. The van der Waals surface area contributed by atoms with Crippen molar-refractivity contribution in [2.45, 2.75) is 78.1 Å². The minimum absolute atomic E-state index is 0.238. The third kappa shape index (κ3) is 9.30. The normalized spacial score (nSPS) is 11.3. The van der Waals surface area contributed by atoms with Gasteiger partial charge in [0.25, 0.3) is 0 Å². The van der Waals surface area contributed by atoms with Gasteiger partial charge in [0.15, 0.2) is 0 Å². The van der Waals surface area contributed by atoms with E-state index >= 15 is 0 Å². The molecular formula is C27H37FO. The third-order valence-corrected chi connectivity index (χ3v) is 5.24. The summed E-state index contributed by atoms with van der Waals surface area (Å²) in [5, 5.41) is 0. The van der Waals surface area contributed by atoms with Crippen LogP contribution in [0.25, 0.3) is 12.2 Å². The molecule has 0 amide bonds. The van der Waals surface area contributed by atoms with E-state index in [2.05, 4.69) is 38.1 Å². The minimum Gasteiger partial charge on any atom is -0.493 e. The molecule has 2 rings (SSSR count). The molecular weight excluding hydrogens is 359 g/mol. The number of hydrogen-bond acceptors (Lipinski definition) is 1. The summed E-state index contributed by atoms with van der Waals surface area (Å²) in [5.74, 6) is 0.377. The summed E-state index contributed by atoms with van der Waals surface area (Å²) in [4.78, 5) is 0. The lowest BCUT2D eigenvalue weighted by atomic mass is 10.0. The molecule has 0 aromatic heterocycles. The van der Waals surface area contributed by atoms with Gasteiger partial charge < -0.3 is 4.74 Å². The molecule has 2 aromatic rings. The highest BCUT2D eigenvalue weighted by atomic mass is 19.1. The standard InChI is InChI=1S/C27H37FO/c1-3-5-7-8-9-11-21-29-26-20-19-25(27(28)22-26)18-17-24-15-13-23(14-16-24)12-10-6-4-2/h13-20,22H,3-12,21H2,1-2H3. The van der Waals surface area contributed by atoms with Crippen molar-refractivity contribution in [2.24, 2.45) is 0 Å². The average Bonchev–Trinajstić information content (AvgIpc) is 2.73. The van der Waals surface area contributed by atoms with E-state index in [0.717, 1.165) is 18.4 Å². The highest BCUT2D eigenvalue weighted by Gasteiger charge is 2.02. The minimum atomic E-state index is -0.238. The van der Waals surface area contributed by atoms with E-state index in [4.69, 9.17) is 4.74 Å². The number of ether oxygens (including phenoxy) is 1. The number of halogens is 1. The zero-order valence-corrected chi connectivity index (χ0v) is 18.3. The van der Waals surface area contributed by atoms with Gasteiger partial charge in [0, 0.05) is 11.6 Å². The predicted molar refractivity (Wildman–Crippen MR) is 124 cm³/mol. The Morgan fingerprint density at radius 1 is 0.759 bits per heavy atom. The Bertz CT molecular complexity index is 718. The molecule has 2 heteroatoms. The van der Waals surface area contributed by atoms with Crippen LogP contribution >= 0.6 is 0 Å². The van der Waals surface area contributed by atoms with E-state index in [1.54, 1.807) is 6.07 Å². The fourth-order valence-electron chi connectivity index (χ4n) is 3.37. The first kappa shape index (κ1) is 23.2. The molecule has 0 aliphatic heterocycles.